The Bertz CT molecular complexity index is 505. The van der Waals surface area contributed by atoms with Crippen molar-refractivity contribution < 1.29 is 9.13 Å². The van der Waals surface area contributed by atoms with Gasteiger partial charge in [0.25, 0.3) is 0 Å². The predicted octanol–water partition coefficient (Wildman–Crippen LogP) is 3.93. The van der Waals surface area contributed by atoms with Crippen LogP contribution in [0, 0.1) is 5.82 Å². The fraction of sp³-hybridized carbons (Fsp3) is 0. The van der Waals surface area contributed by atoms with Gasteiger partial charge in [0.2, 0.25) is 0 Å². The van der Waals surface area contributed by atoms with Crippen molar-refractivity contribution in [1.82, 2.24) is 9.97 Å². The second-order valence-electron chi connectivity index (χ2n) is 2.86. The first-order valence-corrected chi connectivity index (χ1v) is 5.84. The highest BCUT2D eigenvalue weighted by Gasteiger charge is 2.04. The number of benzene rings is 1. The zero-order valence-electron chi connectivity index (χ0n) is 7.82. The van der Waals surface area contributed by atoms with Gasteiger partial charge in [-0.2, -0.15) is 0 Å². The monoisotopic (exact) mass is 346 g/mol. The molecule has 0 unspecified atom stereocenters. The summed E-state index contributed by atoms with van der Waals surface area (Å²) in [4.78, 5) is 7.87. The van der Waals surface area contributed by atoms with Gasteiger partial charge in [-0.1, -0.05) is 0 Å². The molecular formula is C10H5Br2FN2O. The van der Waals surface area contributed by atoms with E-state index in [9.17, 15) is 4.39 Å². The fourth-order valence-corrected chi connectivity index (χ4v) is 1.56. The van der Waals surface area contributed by atoms with E-state index in [1.807, 2.05) is 0 Å². The number of rotatable bonds is 2. The van der Waals surface area contributed by atoms with Crippen LogP contribution in [0.25, 0.3) is 0 Å². The highest BCUT2D eigenvalue weighted by atomic mass is 79.9. The molecular weight excluding hydrogens is 343 g/mol. The van der Waals surface area contributed by atoms with Crippen LogP contribution < -0.4 is 4.74 Å². The molecule has 0 radical (unpaired) electrons. The molecule has 0 N–H and O–H groups in total. The van der Waals surface area contributed by atoms with Crippen LogP contribution in [0.5, 0.6) is 11.8 Å². The largest absolute Gasteiger partial charge is 0.424 e. The third-order valence-corrected chi connectivity index (χ3v) is 2.71. The minimum Gasteiger partial charge on any atom is -0.424 e. The summed E-state index contributed by atoms with van der Waals surface area (Å²) in [6.45, 7) is 0. The molecule has 0 aliphatic heterocycles. The maximum Gasteiger partial charge on any atom is 0.321 e. The molecule has 0 saturated heterocycles. The molecule has 0 bridgehead atoms. The molecule has 2 aromatic rings. The van der Waals surface area contributed by atoms with Crippen molar-refractivity contribution in [2.45, 2.75) is 0 Å². The lowest BCUT2D eigenvalue weighted by atomic mass is 10.3. The number of aromatic nitrogens is 2. The normalized spacial score (nSPS) is 10.2. The fourth-order valence-electron chi connectivity index (χ4n) is 0.999. The van der Waals surface area contributed by atoms with E-state index in [-0.39, 0.29) is 11.8 Å². The molecule has 1 aromatic heterocycles. The zero-order chi connectivity index (χ0) is 11.5. The summed E-state index contributed by atoms with van der Waals surface area (Å²) in [7, 11) is 0. The summed E-state index contributed by atoms with van der Waals surface area (Å²) >= 11 is 6.28. The maximum atomic E-state index is 13.0. The van der Waals surface area contributed by atoms with Gasteiger partial charge in [-0.25, -0.2) is 14.4 Å². The number of hydrogen-bond acceptors (Lipinski definition) is 3. The van der Waals surface area contributed by atoms with Gasteiger partial charge in [0.05, 0.1) is 8.95 Å². The van der Waals surface area contributed by atoms with E-state index in [0.717, 1.165) is 4.47 Å². The van der Waals surface area contributed by atoms with Gasteiger partial charge < -0.3 is 4.74 Å². The Labute approximate surface area is 108 Å². The third kappa shape index (κ3) is 2.76. The van der Waals surface area contributed by atoms with E-state index in [2.05, 4.69) is 41.8 Å². The highest BCUT2D eigenvalue weighted by Crippen LogP contribution is 2.24. The molecule has 0 aliphatic carbocycles. The first-order chi connectivity index (χ1) is 7.65. The minimum absolute atomic E-state index is 0.210. The molecule has 0 atom stereocenters. The molecule has 3 nitrogen and oxygen atoms in total. The summed E-state index contributed by atoms with van der Waals surface area (Å²) in [6.07, 6.45) is 3.14. The predicted molar refractivity (Wildman–Crippen MR) is 63.9 cm³/mol. The van der Waals surface area contributed by atoms with Gasteiger partial charge in [-0.05, 0) is 50.1 Å². The van der Waals surface area contributed by atoms with Crippen molar-refractivity contribution in [3.63, 3.8) is 0 Å². The highest BCUT2D eigenvalue weighted by molar-refractivity contribution is 9.10. The van der Waals surface area contributed by atoms with Crippen LogP contribution in [0.2, 0.25) is 0 Å². The van der Waals surface area contributed by atoms with Crippen LogP contribution in [0.3, 0.4) is 0 Å². The van der Waals surface area contributed by atoms with Crippen LogP contribution in [-0.4, -0.2) is 9.97 Å². The molecule has 1 aromatic carbocycles. The molecule has 0 aliphatic rings. The molecule has 6 heteroatoms. The molecule has 0 spiro atoms. The van der Waals surface area contributed by atoms with E-state index < -0.39 is 0 Å². The summed E-state index contributed by atoms with van der Waals surface area (Å²) < 4.78 is 19.4. The summed E-state index contributed by atoms with van der Waals surface area (Å²) in [5.74, 6) is 0.125. The average molecular weight is 348 g/mol. The SMILES string of the molecule is Fc1ccc(Oc2ncc(Br)cn2)cc1Br. The summed E-state index contributed by atoms with van der Waals surface area (Å²) in [6, 6.07) is 4.53. The van der Waals surface area contributed by atoms with E-state index in [0.29, 0.717) is 10.2 Å². The van der Waals surface area contributed by atoms with Crippen LogP contribution in [0.4, 0.5) is 4.39 Å². The van der Waals surface area contributed by atoms with E-state index >= 15 is 0 Å². The zero-order valence-corrected chi connectivity index (χ0v) is 11.0. The Morgan fingerprint density at radius 3 is 2.44 bits per heavy atom. The molecule has 16 heavy (non-hydrogen) atoms. The molecule has 82 valence electrons. The van der Waals surface area contributed by atoms with E-state index in [4.69, 9.17) is 4.74 Å². The third-order valence-electron chi connectivity index (χ3n) is 1.70. The lowest BCUT2D eigenvalue weighted by Gasteiger charge is -2.03. The Kier molecular flexibility index (Phi) is 3.50. The summed E-state index contributed by atoms with van der Waals surface area (Å²) in [5, 5.41) is 0. The Morgan fingerprint density at radius 1 is 1.12 bits per heavy atom. The quantitative estimate of drug-likeness (QED) is 0.825. The number of ether oxygens (including phenoxy) is 1. The van der Waals surface area contributed by atoms with Crippen molar-refractivity contribution in [3.05, 3.63) is 45.4 Å². The first kappa shape index (κ1) is 11.5. The van der Waals surface area contributed by atoms with Crippen LogP contribution in [-0.2, 0) is 0 Å². The van der Waals surface area contributed by atoms with Crippen LogP contribution in [0.1, 0.15) is 0 Å². The lowest BCUT2D eigenvalue weighted by Crippen LogP contribution is -1.91. The van der Waals surface area contributed by atoms with Crippen molar-refractivity contribution in [1.29, 1.82) is 0 Å². The van der Waals surface area contributed by atoms with Gasteiger partial charge in [-0.15, -0.1) is 0 Å². The molecule has 0 amide bonds. The molecule has 0 saturated carbocycles. The van der Waals surface area contributed by atoms with Gasteiger partial charge in [0, 0.05) is 12.4 Å². The average Bonchev–Trinajstić information content (AvgIpc) is 2.27. The Balaban J connectivity index is 2.20. The van der Waals surface area contributed by atoms with Crippen molar-refractivity contribution in [3.8, 4) is 11.8 Å². The van der Waals surface area contributed by atoms with Crippen LogP contribution >= 0.6 is 31.9 Å². The number of hydrogen-bond donors (Lipinski definition) is 0. The number of nitrogens with zero attached hydrogens (tertiary/aromatic N) is 2. The maximum absolute atomic E-state index is 13.0. The van der Waals surface area contributed by atoms with Gasteiger partial charge in [-0.3, -0.25) is 0 Å². The molecule has 2 rings (SSSR count). The second kappa shape index (κ2) is 4.88. The van der Waals surface area contributed by atoms with Gasteiger partial charge in [0.1, 0.15) is 11.6 Å². The molecule has 0 fully saturated rings. The molecule has 1 heterocycles. The smallest absolute Gasteiger partial charge is 0.321 e. The van der Waals surface area contributed by atoms with Gasteiger partial charge in [0.15, 0.2) is 0 Å². The Morgan fingerprint density at radius 2 is 1.81 bits per heavy atom. The number of halogens is 3. The topological polar surface area (TPSA) is 35.0 Å². The standard InChI is InChI=1S/C10H5Br2FN2O/c11-6-4-14-10(15-5-6)16-7-1-2-9(13)8(12)3-7/h1-5H. The van der Waals surface area contributed by atoms with Gasteiger partial charge >= 0.3 is 6.01 Å². The van der Waals surface area contributed by atoms with Crippen molar-refractivity contribution in [2.75, 3.05) is 0 Å². The van der Waals surface area contributed by atoms with Crippen molar-refractivity contribution >= 4 is 31.9 Å². The van der Waals surface area contributed by atoms with Crippen molar-refractivity contribution in [2.24, 2.45) is 0 Å². The van der Waals surface area contributed by atoms with Crippen LogP contribution in [0.15, 0.2) is 39.5 Å². The Hall–Kier alpha value is -1.01. The van der Waals surface area contributed by atoms with E-state index in [1.54, 1.807) is 12.4 Å². The first-order valence-electron chi connectivity index (χ1n) is 4.25. The lowest BCUT2D eigenvalue weighted by molar-refractivity contribution is 0.439. The summed E-state index contributed by atoms with van der Waals surface area (Å²) in [5.41, 5.74) is 0. The minimum atomic E-state index is -0.343. The van der Waals surface area contributed by atoms with E-state index in [1.165, 1.54) is 18.2 Å². The second-order valence-corrected chi connectivity index (χ2v) is 4.63.